The smallest absolute Gasteiger partial charge is 0.241 e. The number of aliphatic imine (C=N–C) groups is 1. The first-order valence-electron chi connectivity index (χ1n) is 7.79. The lowest BCUT2D eigenvalue weighted by molar-refractivity contribution is -0.127. The van der Waals surface area contributed by atoms with Crippen LogP contribution >= 0.6 is 24.0 Å². The Balaban J connectivity index is 0.00000264. The molecule has 0 aliphatic heterocycles. The second-order valence-electron chi connectivity index (χ2n) is 5.79. The molecule has 0 spiro atoms. The molecule has 1 heterocycles. The number of aromatic nitrogens is 2. The van der Waals surface area contributed by atoms with Crippen molar-refractivity contribution >= 4 is 35.8 Å². The van der Waals surface area contributed by atoms with Crippen LogP contribution in [0.5, 0.6) is 0 Å². The van der Waals surface area contributed by atoms with Crippen LogP contribution in [0.4, 0.5) is 0 Å². The standard InChI is InChI=1S/C15H26N6O.HI/c1-16-15(18-11-14(22)20(2)3)17-10-12-8-9-21(19-12)13-6-4-5-7-13;/h8-9,13H,4-7,10-11H2,1-3H3,(H2,16,17,18);1H. The molecule has 7 nitrogen and oxygen atoms in total. The summed E-state index contributed by atoms with van der Waals surface area (Å²) in [7, 11) is 5.15. The maximum atomic E-state index is 11.6. The third-order valence-corrected chi connectivity index (χ3v) is 3.93. The fraction of sp³-hybridized carbons (Fsp3) is 0.667. The highest BCUT2D eigenvalue weighted by molar-refractivity contribution is 14.0. The maximum Gasteiger partial charge on any atom is 0.241 e. The van der Waals surface area contributed by atoms with Gasteiger partial charge in [0.1, 0.15) is 0 Å². The van der Waals surface area contributed by atoms with Crippen LogP contribution in [-0.2, 0) is 11.3 Å². The number of nitrogens with zero attached hydrogens (tertiary/aromatic N) is 4. The van der Waals surface area contributed by atoms with Gasteiger partial charge in [-0.1, -0.05) is 12.8 Å². The van der Waals surface area contributed by atoms with E-state index in [0.29, 0.717) is 18.5 Å². The monoisotopic (exact) mass is 434 g/mol. The fourth-order valence-corrected chi connectivity index (χ4v) is 2.56. The van der Waals surface area contributed by atoms with Crippen LogP contribution in [0.2, 0.25) is 0 Å². The Hall–Kier alpha value is -1.32. The highest BCUT2D eigenvalue weighted by Crippen LogP contribution is 2.28. The van der Waals surface area contributed by atoms with E-state index in [1.807, 2.05) is 6.07 Å². The van der Waals surface area contributed by atoms with Crippen LogP contribution < -0.4 is 10.6 Å². The van der Waals surface area contributed by atoms with E-state index in [1.54, 1.807) is 26.0 Å². The molecule has 1 aromatic rings. The van der Waals surface area contributed by atoms with Crippen molar-refractivity contribution in [3.05, 3.63) is 18.0 Å². The van der Waals surface area contributed by atoms with Crippen molar-refractivity contribution in [1.29, 1.82) is 0 Å². The Kier molecular flexibility index (Phi) is 8.35. The molecular formula is C15H27IN6O. The van der Waals surface area contributed by atoms with E-state index in [4.69, 9.17) is 0 Å². The quantitative estimate of drug-likeness (QED) is 0.417. The summed E-state index contributed by atoms with van der Waals surface area (Å²) in [5.74, 6) is 0.610. The summed E-state index contributed by atoms with van der Waals surface area (Å²) < 4.78 is 2.08. The zero-order valence-corrected chi connectivity index (χ0v) is 16.4. The molecule has 1 aliphatic carbocycles. The molecule has 1 saturated carbocycles. The molecule has 1 amide bonds. The van der Waals surface area contributed by atoms with E-state index >= 15 is 0 Å². The Morgan fingerprint density at radius 3 is 2.70 bits per heavy atom. The van der Waals surface area contributed by atoms with Gasteiger partial charge in [-0.05, 0) is 18.9 Å². The van der Waals surface area contributed by atoms with Gasteiger partial charge in [-0.2, -0.15) is 5.10 Å². The van der Waals surface area contributed by atoms with Crippen molar-refractivity contribution in [2.24, 2.45) is 4.99 Å². The minimum Gasteiger partial charge on any atom is -0.351 e. The number of hydrogen-bond donors (Lipinski definition) is 2. The SMILES string of the molecule is CN=C(NCC(=O)N(C)C)NCc1ccn(C2CCCC2)n1.I. The number of carbonyl (C=O) groups excluding carboxylic acids is 1. The lowest BCUT2D eigenvalue weighted by Crippen LogP contribution is -2.42. The average Bonchev–Trinajstić information content (AvgIpc) is 3.17. The Bertz CT molecular complexity index is 522. The third kappa shape index (κ3) is 6.00. The van der Waals surface area contributed by atoms with Gasteiger partial charge in [0.05, 0.1) is 24.8 Å². The highest BCUT2D eigenvalue weighted by atomic mass is 127. The predicted octanol–water partition coefficient (Wildman–Crippen LogP) is 1.37. The Morgan fingerprint density at radius 2 is 2.09 bits per heavy atom. The molecule has 1 fully saturated rings. The Labute approximate surface area is 154 Å². The first-order valence-corrected chi connectivity index (χ1v) is 7.79. The van der Waals surface area contributed by atoms with E-state index in [0.717, 1.165) is 5.69 Å². The van der Waals surface area contributed by atoms with Crippen LogP contribution in [0.15, 0.2) is 17.3 Å². The summed E-state index contributed by atoms with van der Waals surface area (Å²) in [6.45, 7) is 0.818. The minimum atomic E-state index is 0. The van der Waals surface area contributed by atoms with E-state index < -0.39 is 0 Å². The Morgan fingerprint density at radius 1 is 1.39 bits per heavy atom. The van der Waals surface area contributed by atoms with Crippen molar-refractivity contribution in [2.45, 2.75) is 38.3 Å². The van der Waals surface area contributed by atoms with Gasteiger partial charge in [-0.3, -0.25) is 14.5 Å². The van der Waals surface area contributed by atoms with Crippen LogP contribution in [0.1, 0.15) is 37.4 Å². The van der Waals surface area contributed by atoms with Crippen molar-refractivity contribution in [3.63, 3.8) is 0 Å². The van der Waals surface area contributed by atoms with E-state index in [-0.39, 0.29) is 36.4 Å². The number of guanidine groups is 1. The van der Waals surface area contributed by atoms with Crippen molar-refractivity contribution < 1.29 is 4.79 Å². The molecule has 0 bridgehead atoms. The van der Waals surface area contributed by atoms with Crippen LogP contribution in [0, 0.1) is 0 Å². The van der Waals surface area contributed by atoms with Gasteiger partial charge < -0.3 is 15.5 Å². The van der Waals surface area contributed by atoms with Gasteiger partial charge in [0.25, 0.3) is 0 Å². The summed E-state index contributed by atoms with van der Waals surface area (Å²) in [5.41, 5.74) is 0.980. The lowest BCUT2D eigenvalue weighted by Gasteiger charge is -2.14. The van der Waals surface area contributed by atoms with Crippen LogP contribution in [-0.4, -0.2) is 54.2 Å². The number of hydrogen-bond acceptors (Lipinski definition) is 3. The molecular weight excluding hydrogens is 407 g/mol. The molecule has 0 atom stereocenters. The number of nitrogens with one attached hydrogen (secondary N) is 2. The first kappa shape index (κ1) is 19.7. The van der Waals surface area contributed by atoms with Gasteiger partial charge in [0.15, 0.2) is 5.96 Å². The average molecular weight is 434 g/mol. The van der Waals surface area contributed by atoms with Crippen molar-refractivity contribution in [2.75, 3.05) is 27.7 Å². The topological polar surface area (TPSA) is 74.6 Å². The molecule has 2 N–H and O–H groups in total. The summed E-state index contributed by atoms with van der Waals surface area (Å²) >= 11 is 0. The number of halogens is 1. The number of rotatable bonds is 5. The lowest BCUT2D eigenvalue weighted by atomic mass is 10.3. The molecule has 1 aromatic heterocycles. The third-order valence-electron chi connectivity index (χ3n) is 3.93. The molecule has 130 valence electrons. The summed E-state index contributed by atoms with van der Waals surface area (Å²) in [4.78, 5) is 17.2. The zero-order valence-electron chi connectivity index (χ0n) is 14.1. The summed E-state index contributed by atoms with van der Waals surface area (Å²) in [6.07, 6.45) is 7.11. The van der Waals surface area contributed by atoms with Gasteiger partial charge >= 0.3 is 0 Å². The first-order chi connectivity index (χ1) is 10.6. The minimum absolute atomic E-state index is 0. The van der Waals surface area contributed by atoms with E-state index in [2.05, 4.69) is 31.6 Å². The zero-order chi connectivity index (χ0) is 15.9. The molecule has 2 rings (SSSR count). The van der Waals surface area contributed by atoms with Gasteiger partial charge in [0.2, 0.25) is 5.91 Å². The van der Waals surface area contributed by atoms with Gasteiger partial charge in [0, 0.05) is 27.3 Å². The molecule has 23 heavy (non-hydrogen) atoms. The summed E-state index contributed by atoms with van der Waals surface area (Å²) in [6, 6.07) is 2.59. The predicted molar refractivity (Wildman–Crippen MR) is 102 cm³/mol. The normalized spacial score (nSPS) is 15.2. The summed E-state index contributed by atoms with van der Waals surface area (Å²) in [5, 5.41) is 10.8. The van der Waals surface area contributed by atoms with Crippen LogP contribution in [0.3, 0.4) is 0 Å². The van der Waals surface area contributed by atoms with Gasteiger partial charge in [-0.25, -0.2) is 0 Å². The maximum absolute atomic E-state index is 11.6. The molecule has 0 radical (unpaired) electrons. The highest BCUT2D eigenvalue weighted by Gasteiger charge is 2.17. The molecule has 0 unspecified atom stereocenters. The molecule has 8 heteroatoms. The second-order valence-corrected chi connectivity index (χ2v) is 5.79. The van der Waals surface area contributed by atoms with Gasteiger partial charge in [-0.15, -0.1) is 24.0 Å². The van der Waals surface area contributed by atoms with Crippen molar-refractivity contribution in [1.82, 2.24) is 25.3 Å². The van der Waals surface area contributed by atoms with Crippen LogP contribution in [0.25, 0.3) is 0 Å². The number of carbonyl (C=O) groups is 1. The number of likely N-dealkylation sites (N-methyl/N-ethyl adjacent to an activating group) is 1. The molecule has 1 aliphatic rings. The van der Waals surface area contributed by atoms with E-state index in [9.17, 15) is 4.79 Å². The largest absolute Gasteiger partial charge is 0.351 e. The van der Waals surface area contributed by atoms with E-state index in [1.165, 1.54) is 25.7 Å². The van der Waals surface area contributed by atoms with Crippen molar-refractivity contribution in [3.8, 4) is 0 Å². The number of amides is 1. The fourth-order valence-electron chi connectivity index (χ4n) is 2.56. The second kappa shape index (κ2) is 9.74. The molecule has 0 saturated heterocycles. The molecule has 0 aromatic carbocycles.